The van der Waals surface area contributed by atoms with Crippen LogP contribution in [-0.4, -0.2) is 43.8 Å². The second-order valence-electron chi connectivity index (χ2n) is 8.91. The summed E-state index contributed by atoms with van der Waals surface area (Å²) in [7, 11) is 0. The fourth-order valence-electron chi connectivity index (χ4n) is 4.50. The number of hydrogen-bond donors (Lipinski definition) is 0. The van der Waals surface area contributed by atoms with E-state index in [1.807, 2.05) is 57.2 Å². The lowest BCUT2D eigenvalue weighted by Gasteiger charge is -2.19. The van der Waals surface area contributed by atoms with E-state index in [1.165, 1.54) is 5.01 Å². The lowest BCUT2D eigenvalue weighted by molar-refractivity contribution is -0.152. The zero-order chi connectivity index (χ0) is 25.2. The number of carbonyl (C=O) groups is 2. The summed E-state index contributed by atoms with van der Waals surface area (Å²) in [5.74, 6) is -0.231. The van der Waals surface area contributed by atoms with Gasteiger partial charge in [-0.25, -0.2) is 14.5 Å². The molecule has 1 aliphatic heterocycles. The molecule has 36 heavy (non-hydrogen) atoms. The van der Waals surface area contributed by atoms with Crippen molar-refractivity contribution >= 4 is 23.2 Å². The molecule has 0 N–H and O–H groups in total. The van der Waals surface area contributed by atoms with Crippen LogP contribution in [0.2, 0.25) is 0 Å². The number of nitrogens with zero attached hydrogens (tertiary/aromatic N) is 5. The molecule has 0 saturated carbocycles. The van der Waals surface area contributed by atoms with Crippen molar-refractivity contribution in [3.63, 3.8) is 0 Å². The number of hydrazone groups is 1. The Morgan fingerprint density at radius 1 is 1.11 bits per heavy atom. The van der Waals surface area contributed by atoms with E-state index in [1.54, 1.807) is 23.0 Å². The fourth-order valence-corrected chi connectivity index (χ4v) is 4.50. The molecule has 1 aromatic carbocycles. The number of carbonyl (C=O) groups excluding carboxylic acids is 2. The van der Waals surface area contributed by atoms with E-state index in [9.17, 15) is 9.59 Å². The average molecular weight is 486 g/mol. The molecular weight excluding hydrogens is 458 g/mol. The Balaban J connectivity index is 1.24. The molecule has 0 radical (unpaired) electrons. The van der Waals surface area contributed by atoms with Crippen molar-refractivity contribution in [2.45, 2.75) is 46.1 Å². The van der Waals surface area contributed by atoms with Crippen molar-refractivity contribution in [3.8, 4) is 0 Å². The summed E-state index contributed by atoms with van der Waals surface area (Å²) >= 11 is 0. The van der Waals surface area contributed by atoms with Crippen molar-refractivity contribution < 1.29 is 18.7 Å². The molecule has 3 aromatic heterocycles. The molecular formula is C27H27N5O4. The minimum absolute atomic E-state index is 0.128. The van der Waals surface area contributed by atoms with Crippen LogP contribution in [0.3, 0.4) is 0 Å². The van der Waals surface area contributed by atoms with Gasteiger partial charge in [-0.3, -0.25) is 9.59 Å². The van der Waals surface area contributed by atoms with E-state index in [0.29, 0.717) is 18.6 Å². The molecule has 9 heteroatoms. The first-order valence-corrected chi connectivity index (χ1v) is 11.9. The first-order valence-electron chi connectivity index (χ1n) is 11.9. The summed E-state index contributed by atoms with van der Waals surface area (Å²) in [6, 6.07) is 13.0. The highest BCUT2D eigenvalue weighted by Crippen LogP contribution is 2.33. The van der Waals surface area contributed by atoms with Crippen LogP contribution >= 0.6 is 0 Å². The van der Waals surface area contributed by atoms with Gasteiger partial charge in [0, 0.05) is 30.3 Å². The maximum absolute atomic E-state index is 13.1. The summed E-state index contributed by atoms with van der Waals surface area (Å²) in [5, 5.41) is 10.2. The molecule has 0 bridgehead atoms. The second kappa shape index (κ2) is 9.77. The minimum Gasteiger partial charge on any atom is -0.467 e. The van der Waals surface area contributed by atoms with Crippen LogP contribution in [-0.2, 0) is 20.7 Å². The highest BCUT2D eigenvalue weighted by Gasteiger charge is 2.35. The van der Waals surface area contributed by atoms with E-state index in [-0.39, 0.29) is 12.5 Å². The van der Waals surface area contributed by atoms with Crippen molar-refractivity contribution in [2.24, 2.45) is 5.10 Å². The molecule has 0 saturated heterocycles. The maximum atomic E-state index is 13.1. The van der Waals surface area contributed by atoms with Gasteiger partial charge >= 0.3 is 5.97 Å². The van der Waals surface area contributed by atoms with Crippen LogP contribution in [0.5, 0.6) is 0 Å². The van der Waals surface area contributed by atoms with Crippen molar-refractivity contribution in [1.82, 2.24) is 19.6 Å². The molecule has 9 nitrogen and oxygen atoms in total. The molecule has 4 heterocycles. The van der Waals surface area contributed by atoms with Gasteiger partial charge in [0.1, 0.15) is 11.8 Å². The molecule has 1 amide bonds. The summed E-state index contributed by atoms with van der Waals surface area (Å²) in [6.07, 6.45) is 4.35. The Kier molecular flexibility index (Phi) is 6.37. The zero-order valence-corrected chi connectivity index (χ0v) is 20.5. The molecule has 0 fully saturated rings. The Labute approximate surface area is 208 Å². The highest BCUT2D eigenvalue weighted by molar-refractivity contribution is 6.03. The van der Waals surface area contributed by atoms with Gasteiger partial charge in [-0.05, 0) is 50.5 Å². The number of hydrogen-bond acceptors (Lipinski definition) is 7. The fraction of sp³-hybridized carbons (Fsp3) is 0.296. The Bertz CT molecular complexity index is 1440. The first-order chi connectivity index (χ1) is 17.4. The Morgan fingerprint density at radius 2 is 1.92 bits per heavy atom. The molecule has 5 rings (SSSR count). The van der Waals surface area contributed by atoms with Crippen LogP contribution in [0.25, 0.3) is 5.65 Å². The Hall–Kier alpha value is -4.27. The number of fused-ring (bicyclic) bond motifs is 1. The zero-order valence-electron chi connectivity index (χ0n) is 20.5. The van der Waals surface area contributed by atoms with Gasteiger partial charge in [-0.1, -0.05) is 29.8 Å². The number of amides is 1. The molecule has 184 valence electrons. The topological polar surface area (TPSA) is 102 Å². The molecule has 4 aromatic rings. The Morgan fingerprint density at radius 3 is 2.67 bits per heavy atom. The molecule has 1 unspecified atom stereocenters. The predicted molar refractivity (Wildman–Crippen MR) is 132 cm³/mol. The van der Waals surface area contributed by atoms with Gasteiger partial charge < -0.3 is 9.15 Å². The van der Waals surface area contributed by atoms with Gasteiger partial charge in [0.2, 0.25) is 0 Å². The normalized spacial score (nSPS) is 15.4. The van der Waals surface area contributed by atoms with E-state index in [4.69, 9.17) is 9.15 Å². The van der Waals surface area contributed by atoms with E-state index >= 15 is 0 Å². The van der Waals surface area contributed by atoms with Crippen molar-refractivity contribution in [1.29, 1.82) is 0 Å². The number of benzene rings is 1. The summed E-state index contributed by atoms with van der Waals surface area (Å²) in [4.78, 5) is 30.1. The second-order valence-corrected chi connectivity index (χ2v) is 8.91. The summed E-state index contributed by atoms with van der Waals surface area (Å²) in [6.45, 7) is 5.49. The van der Waals surface area contributed by atoms with Gasteiger partial charge in [0.15, 0.2) is 12.3 Å². The van der Waals surface area contributed by atoms with Crippen LogP contribution in [0.15, 0.2) is 64.4 Å². The van der Waals surface area contributed by atoms with E-state index in [0.717, 1.165) is 39.4 Å². The summed E-state index contributed by atoms with van der Waals surface area (Å²) < 4.78 is 12.7. The quantitative estimate of drug-likeness (QED) is 0.365. The van der Waals surface area contributed by atoms with Crippen LogP contribution in [0, 0.1) is 20.8 Å². The van der Waals surface area contributed by atoms with Gasteiger partial charge in [-0.2, -0.15) is 10.2 Å². The standard InChI is InChI=1S/C27H27N5O4/c1-17-6-8-20(9-7-17)22-15-23(24-5-4-14-35-24)32(30-22)26(33)16-36-27(34)11-10-21-18(2)29-25-12-13-28-31(25)19(21)3/h4-9,12-14,23H,10-11,15-16H2,1-3H3. The van der Waals surface area contributed by atoms with Crippen LogP contribution in [0.1, 0.15) is 52.7 Å². The summed E-state index contributed by atoms with van der Waals surface area (Å²) in [5.41, 5.74) is 6.36. The van der Waals surface area contributed by atoms with Crippen molar-refractivity contribution in [3.05, 3.63) is 88.8 Å². The molecule has 1 atom stereocenters. The molecule has 0 spiro atoms. The van der Waals surface area contributed by atoms with Gasteiger partial charge in [0.25, 0.3) is 5.91 Å². The van der Waals surface area contributed by atoms with Crippen molar-refractivity contribution in [2.75, 3.05) is 6.61 Å². The van der Waals surface area contributed by atoms with Gasteiger partial charge in [0.05, 0.1) is 18.2 Å². The first kappa shape index (κ1) is 23.5. The number of rotatable bonds is 7. The lowest BCUT2D eigenvalue weighted by Crippen LogP contribution is -2.31. The van der Waals surface area contributed by atoms with Crippen LogP contribution in [0.4, 0.5) is 0 Å². The average Bonchev–Trinajstić information content (AvgIpc) is 3.63. The minimum atomic E-state index is -0.459. The molecule has 1 aliphatic rings. The smallest absolute Gasteiger partial charge is 0.306 e. The van der Waals surface area contributed by atoms with E-state index in [2.05, 4.69) is 15.2 Å². The largest absolute Gasteiger partial charge is 0.467 e. The third-order valence-electron chi connectivity index (χ3n) is 6.45. The molecule has 0 aliphatic carbocycles. The monoisotopic (exact) mass is 485 g/mol. The van der Waals surface area contributed by atoms with E-state index < -0.39 is 18.5 Å². The highest BCUT2D eigenvalue weighted by atomic mass is 16.5. The number of aryl methyl sites for hydroxylation is 3. The predicted octanol–water partition coefficient (Wildman–Crippen LogP) is 4.10. The lowest BCUT2D eigenvalue weighted by atomic mass is 10.0. The van der Waals surface area contributed by atoms with Gasteiger partial charge in [-0.15, -0.1) is 0 Å². The number of esters is 1. The number of ether oxygens (including phenoxy) is 1. The maximum Gasteiger partial charge on any atom is 0.306 e. The SMILES string of the molecule is Cc1ccc(C2=NN(C(=O)COC(=O)CCc3c(C)nc4ccnn4c3C)C(c3ccco3)C2)cc1. The number of aromatic nitrogens is 3. The third kappa shape index (κ3) is 4.64. The number of furan rings is 1. The van der Waals surface area contributed by atoms with Crippen LogP contribution < -0.4 is 0 Å². The third-order valence-corrected chi connectivity index (χ3v) is 6.45.